The van der Waals surface area contributed by atoms with Crippen LogP contribution in [-0.4, -0.2) is 56.4 Å². The predicted octanol–water partition coefficient (Wildman–Crippen LogP) is 1.07. The fourth-order valence-corrected chi connectivity index (χ4v) is 4.38. The van der Waals surface area contributed by atoms with Crippen molar-refractivity contribution in [3.05, 3.63) is 34.9 Å². The number of amides is 1. The van der Waals surface area contributed by atoms with Crippen LogP contribution in [0.15, 0.2) is 24.3 Å². The van der Waals surface area contributed by atoms with Crippen LogP contribution < -0.4 is 0 Å². The number of hydrogen-bond acceptors (Lipinski definition) is 5. The zero-order valence-corrected chi connectivity index (χ0v) is 14.3. The first-order chi connectivity index (χ1) is 10.8. The van der Waals surface area contributed by atoms with Crippen molar-refractivity contribution in [2.24, 2.45) is 0 Å². The number of esters is 1. The molecule has 1 aliphatic rings. The molecule has 6 nitrogen and oxygen atoms in total. The maximum absolute atomic E-state index is 12.5. The molecule has 1 heterocycles. The quantitative estimate of drug-likeness (QED) is 0.735. The highest BCUT2D eigenvalue weighted by Crippen LogP contribution is 2.19. The van der Waals surface area contributed by atoms with Crippen LogP contribution in [0.4, 0.5) is 0 Å². The molecule has 1 fully saturated rings. The highest BCUT2D eigenvalue weighted by molar-refractivity contribution is 7.91. The minimum atomic E-state index is -3.16. The fourth-order valence-electron chi connectivity index (χ4n) is 2.52. The number of halogens is 1. The van der Waals surface area contributed by atoms with Crippen LogP contribution in [0.3, 0.4) is 0 Å². The van der Waals surface area contributed by atoms with Crippen LogP contribution in [0.2, 0.25) is 5.02 Å². The Bertz CT molecular complexity index is 686. The lowest BCUT2D eigenvalue weighted by Gasteiger charge is -2.27. The molecule has 23 heavy (non-hydrogen) atoms. The van der Waals surface area contributed by atoms with E-state index in [1.54, 1.807) is 24.3 Å². The fraction of sp³-hybridized carbons (Fsp3) is 0.467. The van der Waals surface area contributed by atoms with E-state index >= 15 is 0 Å². The van der Waals surface area contributed by atoms with Gasteiger partial charge in [-0.2, -0.15) is 0 Å². The van der Waals surface area contributed by atoms with Gasteiger partial charge in [0, 0.05) is 11.1 Å². The van der Waals surface area contributed by atoms with Gasteiger partial charge in [-0.1, -0.05) is 23.7 Å². The van der Waals surface area contributed by atoms with Gasteiger partial charge in [-0.05, 0) is 24.1 Å². The number of carbonyl (C=O) groups is 2. The Morgan fingerprint density at radius 3 is 2.48 bits per heavy atom. The SMILES string of the molecule is COC(=O)CN(C(=O)Cc1ccc(Cl)cc1)[C@H]1CCS(=O)(=O)C1. The van der Waals surface area contributed by atoms with E-state index in [1.807, 2.05) is 0 Å². The monoisotopic (exact) mass is 359 g/mol. The summed E-state index contributed by atoms with van der Waals surface area (Å²) in [7, 11) is -1.93. The van der Waals surface area contributed by atoms with Crippen LogP contribution in [0, 0.1) is 0 Å². The number of hydrogen-bond donors (Lipinski definition) is 0. The summed E-state index contributed by atoms with van der Waals surface area (Å²) in [5, 5.41) is 0.564. The summed E-state index contributed by atoms with van der Waals surface area (Å²) in [6.45, 7) is -0.247. The average Bonchev–Trinajstić information content (AvgIpc) is 2.86. The van der Waals surface area contributed by atoms with Crippen LogP contribution in [0.5, 0.6) is 0 Å². The maximum Gasteiger partial charge on any atom is 0.325 e. The molecule has 0 aliphatic carbocycles. The first-order valence-corrected chi connectivity index (χ1v) is 9.32. The Morgan fingerprint density at radius 2 is 1.96 bits per heavy atom. The standard InChI is InChI=1S/C15H18ClNO5S/c1-22-15(19)9-17(13-6-7-23(20,21)10-13)14(18)8-11-2-4-12(16)5-3-11/h2-5,13H,6-10H2,1H3/t13-/m0/s1. The Kier molecular flexibility index (Phi) is 5.64. The first kappa shape index (κ1) is 17.7. The number of benzene rings is 1. The smallest absolute Gasteiger partial charge is 0.325 e. The van der Waals surface area contributed by atoms with Gasteiger partial charge >= 0.3 is 5.97 Å². The number of methoxy groups -OCH3 is 1. The molecule has 1 saturated heterocycles. The van der Waals surface area contributed by atoms with Crippen molar-refractivity contribution < 1.29 is 22.7 Å². The largest absolute Gasteiger partial charge is 0.468 e. The van der Waals surface area contributed by atoms with Gasteiger partial charge in [-0.3, -0.25) is 9.59 Å². The summed E-state index contributed by atoms with van der Waals surface area (Å²) < 4.78 is 27.9. The number of rotatable bonds is 5. The minimum Gasteiger partial charge on any atom is -0.468 e. The zero-order valence-electron chi connectivity index (χ0n) is 12.7. The third kappa shape index (κ3) is 4.94. The van der Waals surface area contributed by atoms with E-state index in [1.165, 1.54) is 12.0 Å². The van der Waals surface area contributed by atoms with Crippen molar-refractivity contribution in [1.29, 1.82) is 0 Å². The third-order valence-corrected chi connectivity index (χ3v) is 5.77. The van der Waals surface area contributed by atoms with Gasteiger partial charge in [0.1, 0.15) is 6.54 Å². The first-order valence-electron chi connectivity index (χ1n) is 7.12. The molecule has 1 aromatic rings. The van der Waals surface area contributed by atoms with Gasteiger partial charge in [0.05, 0.1) is 25.0 Å². The molecule has 1 atom stereocenters. The highest BCUT2D eigenvalue weighted by atomic mass is 35.5. The third-order valence-electron chi connectivity index (χ3n) is 3.77. The van der Waals surface area contributed by atoms with E-state index in [0.29, 0.717) is 11.4 Å². The summed E-state index contributed by atoms with van der Waals surface area (Å²) in [5.41, 5.74) is 0.745. The van der Waals surface area contributed by atoms with E-state index in [2.05, 4.69) is 4.74 Å². The number of sulfone groups is 1. The van der Waals surface area contributed by atoms with Gasteiger partial charge in [-0.25, -0.2) is 8.42 Å². The van der Waals surface area contributed by atoms with Gasteiger partial charge in [0.25, 0.3) is 0 Å². The van der Waals surface area contributed by atoms with E-state index < -0.39 is 21.8 Å². The van der Waals surface area contributed by atoms with Gasteiger partial charge in [-0.15, -0.1) is 0 Å². The summed E-state index contributed by atoms with van der Waals surface area (Å²) in [6.07, 6.45) is 0.413. The molecule has 1 aliphatic heterocycles. The van der Waals surface area contributed by atoms with Crippen molar-refractivity contribution in [1.82, 2.24) is 4.90 Å². The molecule has 0 radical (unpaired) electrons. The molecular weight excluding hydrogens is 342 g/mol. The van der Waals surface area contributed by atoms with E-state index in [-0.39, 0.29) is 30.4 Å². The molecule has 0 spiro atoms. The molecule has 126 valence electrons. The molecular formula is C15H18ClNO5S. The lowest BCUT2D eigenvalue weighted by Crippen LogP contribution is -2.45. The summed E-state index contributed by atoms with van der Waals surface area (Å²) >= 11 is 5.81. The molecule has 0 unspecified atom stereocenters. The second-order valence-corrected chi connectivity index (χ2v) is 8.12. The lowest BCUT2D eigenvalue weighted by atomic mass is 10.1. The van der Waals surface area contributed by atoms with Crippen LogP contribution in [-0.2, 0) is 30.6 Å². The molecule has 0 bridgehead atoms. The molecule has 0 saturated carbocycles. The Hall–Kier alpha value is -1.60. The molecule has 1 aromatic carbocycles. The topological polar surface area (TPSA) is 80.8 Å². The number of carbonyl (C=O) groups excluding carboxylic acids is 2. The Morgan fingerprint density at radius 1 is 1.30 bits per heavy atom. The van der Waals surface area contributed by atoms with Gasteiger partial charge < -0.3 is 9.64 Å². The van der Waals surface area contributed by atoms with Crippen molar-refractivity contribution in [2.45, 2.75) is 18.9 Å². The summed E-state index contributed by atoms with van der Waals surface area (Å²) in [4.78, 5) is 25.4. The summed E-state index contributed by atoms with van der Waals surface area (Å²) in [6, 6.07) is 6.31. The Balaban J connectivity index is 2.13. The van der Waals surface area contributed by atoms with Gasteiger partial charge in [0.2, 0.25) is 5.91 Å². The van der Waals surface area contributed by atoms with E-state index in [4.69, 9.17) is 11.6 Å². The predicted molar refractivity (Wildman–Crippen MR) is 85.9 cm³/mol. The molecule has 8 heteroatoms. The van der Waals surface area contributed by atoms with Crippen molar-refractivity contribution in [3.63, 3.8) is 0 Å². The Labute approximate surface area is 140 Å². The van der Waals surface area contributed by atoms with Crippen LogP contribution in [0.1, 0.15) is 12.0 Å². The molecule has 2 rings (SSSR count). The molecule has 0 N–H and O–H groups in total. The molecule has 0 aromatic heterocycles. The van der Waals surface area contributed by atoms with Crippen molar-refractivity contribution in [2.75, 3.05) is 25.2 Å². The van der Waals surface area contributed by atoms with Gasteiger partial charge in [0.15, 0.2) is 9.84 Å². The van der Waals surface area contributed by atoms with Crippen molar-refractivity contribution >= 4 is 33.3 Å². The average molecular weight is 360 g/mol. The zero-order chi connectivity index (χ0) is 17.0. The maximum atomic E-state index is 12.5. The van der Waals surface area contributed by atoms with Crippen LogP contribution in [0.25, 0.3) is 0 Å². The van der Waals surface area contributed by atoms with E-state index in [9.17, 15) is 18.0 Å². The second-order valence-electron chi connectivity index (χ2n) is 5.46. The van der Waals surface area contributed by atoms with Crippen LogP contribution >= 0.6 is 11.6 Å². The normalized spacial score (nSPS) is 19.3. The number of ether oxygens (including phenoxy) is 1. The summed E-state index contributed by atoms with van der Waals surface area (Å²) in [5.74, 6) is -0.960. The second kappa shape index (κ2) is 7.31. The lowest BCUT2D eigenvalue weighted by molar-refractivity contribution is -0.148. The number of nitrogens with zero attached hydrogens (tertiary/aromatic N) is 1. The van der Waals surface area contributed by atoms with Crippen molar-refractivity contribution in [3.8, 4) is 0 Å². The minimum absolute atomic E-state index is 0.0313. The highest BCUT2D eigenvalue weighted by Gasteiger charge is 2.35. The molecule has 1 amide bonds. The van der Waals surface area contributed by atoms with E-state index in [0.717, 1.165) is 5.56 Å².